The van der Waals surface area contributed by atoms with Crippen LogP contribution in [0.3, 0.4) is 0 Å². The average molecular weight is 553 g/mol. The Hall–Kier alpha value is -2.20. The second-order valence-electron chi connectivity index (χ2n) is 6.82. The van der Waals surface area contributed by atoms with Crippen molar-refractivity contribution in [3.63, 3.8) is 0 Å². The Balaban J connectivity index is 0.000000642. The molecule has 2 rings (SSSR count). The normalized spacial score (nSPS) is 10.6. The minimum atomic E-state index is -4.55. The topological polar surface area (TPSA) is 207 Å². The molecule has 0 radical (unpaired) electrons. The molecule has 0 unspecified atom stereocenters. The summed E-state index contributed by atoms with van der Waals surface area (Å²) in [5.74, 6) is -1.74. The molecule has 15 heteroatoms. The molecule has 0 aliphatic heterocycles. The van der Waals surface area contributed by atoms with Crippen LogP contribution in [-0.4, -0.2) is 87.1 Å². The molecule has 2 aromatic carbocycles. The van der Waals surface area contributed by atoms with Gasteiger partial charge in [0.1, 0.15) is 31.8 Å². The van der Waals surface area contributed by atoms with Gasteiger partial charge in [-0.2, -0.15) is 0 Å². The smallest absolute Gasteiger partial charge is 0.744 e. The van der Waals surface area contributed by atoms with E-state index in [1.165, 1.54) is 38.1 Å². The van der Waals surface area contributed by atoms with Crippen LogP contribution in [0, 0.1) is 0 Å². The van der Waals surface area contributed by atoms with Gasteiger partial charge in [-0.25, -0.2) is 16.8 Å². The van der Waals surface area contributed by atoms with E-state index in [-0.39, 0.29) is 73.5 Å². The molecule has 2 aromatic rings. The maximum Gasteiger partial charge on any atom is 2.00 e. The molecule has 0 atom stereocenters. The van der Waals surface area contributed by atoms with Crippen molar-refractivity contribution in [1.29, 1.82) is 0 Å². The maximum absolute atomic E-state index is 11.2. The van der Waals surface area contributed by atoms with Crippen LogP contribution in [0.1, 0.15) is 26.7 Å². The SMILES string of the molecule is CC(=O)CC(=O)Nc1cccc(S(=O)(=O)[O-])c1.CC(=O)CC(=O)Nc1cccc(S(=O)(=O)[O-])c1.[Ca+2]. The summed E-state index contributed by atoms with van der Waals surface area (Å²) >= 11 is 0. The van der Waals surface area contributed by atoms with E-state index in [4.69, 9.17) is 0 Å². The van der Waals surface area contributed by atoms with Crippen LogP contribution >= 0.6 is 0 Å². The molecule has 35 heavy (non-hydrogen) atoms. The van der Waals surface area contributed by atoms with Crippen LogP contribution in [0.2, 0.25) is 0 Å². The van der Waals surface area contributed by atoms with E-state index < -0.39 is 41.8 Å². The largest absolute Gasteiger partial charge is 2.00 e. The van der Waals surface area contributed by atoms with E-state index in [1.807, 2.05) is 0 Å². The fourth-order valence-electron chi connectivity index (χ4n) is 2.32. The number of hydrogen-bond donors (Lipinski definition) is 2. The summed E-state index contributed by atoms with van der Waals surface area (Å²) < 4.78 is 64.4. The third-order valence-electron chi connectivity index (χ3n) is 3.63. The summed E-state index contributed by atoms with van der Waals surface area (Å²) in [6.45, 7) is 2.52. The molecule has 0 heterocycles. The van der Waals surface area contributed by atoms with Crippen molar-refractivity contribution < 1.29 is 45.1 Å². The molecule has 2 amide bonds. The average Bonchev–Trinajstić information content (AvgIpc) is 2.66. The summed E-state index contributed by atoms with van der Waals surface area (Å²) in [6.07, 6.45) is -0.595. The van der Waals surface area contributed by atoms with Crippen molar-refractivity contribution in [3.05, 3.63) is 48.5 Å². The fraction of sp³-hybridized carbons (Fsp3) is 0.200. The summed E-state index contributed by atoms with van der Waals surface area (Å²) in [7, 11) is -9.10. The third-order valence-corrected chi connectivity index (χ3v) is 5.29. The Bertz CT molecular complexity index is 1210. The predicted octanol–water partition coefficient (Wildman–Crippen LogP) is 0.636. The number of amides is 2. The minimum Gasteiger partial charge on any atom is -0.744 e. The van der Waals surface area contributed by atoms with Crippen molar-refractivity contribution >= 4 is 92.7 Å². The van der Waals surface area contributed by atoms with Gasteiger partial charge in [-0.3, -0.25) is 19.2 Å². The van der Waals surface area contributed by atoms with Gasteiger partial charge in [-0.05, 0) is 50.2 Å². The third kappa shape index (κ3) is 13.5. The Morgan fingerprint density at radius 3 is 1.26 bits per heavy atom. The number of anilines is 2. The van der Waals surface area contributed by atoms with Gasteiger partial charge >= 0.3 is 37.7 Å². The van der Waals surface area contributed by atoms with E-state index in [2.05, 4.69) is 10.6 Å². The molecule has 0 saturated carbocycles. The molecule has 0 spiro atoms. The molecule has 0 aliphatic carbocycles. The Morgan fingerprint density at radius 1 is 0.686 bits per heavy atom. The van der Waals surface area contributed by atoms with Gasteiger partial charge in [0, 0.05) is 11.4 Å². The van der Waals surface area contributed by atoms with Gasteiger partial charge in [0.25, 0.3) is 0 Å². The molecule has 0 bridgehead atoms. The summed E-state index contributed by atoms with van der Waals surface area (Å²) in [6, 6.07) is 9.84. The maximum atomic E-state index is 11.2. The van der Waals surface area contributed by atoms with Gasteiger partial charge < -0.3 is 19.7 Å². The van der Waals surface area contributed by atoms with Crippen molar-refractivity contribution in [2.45, 2.75) is 36.5 Å². The van der Waals surface area contributed by atoms with E-state index in [0.717, 1.165) is 24.3 Å². The van der Waals surface area contributed by atoms with Gasteiger partial charge in [-0.1, -0.05) is 12.1 Å². The van der Waals surface area contributed by atoms with Crippen LogP contribution in [-0.2, 0) is 39.4 Å². The first-order valence-electron chi connectivity index (χ1n) is 9.28. The van der Waals surface area contributed by atoms with Crippen molar-refractivity contribution in [2.24, 2.45) is 0 Å². The van der Waals surface area contributed by atoms with Gasteiger partial charge in [0.05, 0.1) is 22.6 Å². The first-order chi connectivity index (χ1) is 15.6. The number of benzene rings is 2. The minimum absolute atomic E-state index is 0. The summed E-state index contributed by atoms with van der Waals surface area (Å²) in [4.78, 5) is 42.9. The number of carbonyl (C=O) groups is 4. The van der Waals surface area contributed by atoms with E-state index in [9.17, 15) is 45.1 Å². The van der Waals surface area contributed by atoms with Crippen LogP contribution < -0.4 is 10.6 Å². The Morgan fingerprint density at radius 2 is 1.00 bits per heavy atom. The summed E-state index contributed by atoms with van der Waals surface area (Å²) in [5, 5.41) is 4.65. The predicted molar refractivity (Wildman–Crippen MR) is 122 cm³/mol. The van der Waals surface area contributed by atoms with Crippen molar-refractivity contribution in [3.8, 4) is 0 Å². The number of nitrogens with one attached hydrogen (secondary N) is 2. The fourth-order valence-corrected chi connectivity index (χ4v) is 3.35. The quantitative estimate of drug-likeness (QED) is 0.265. The van der Waals surface area contributed by atoms with Crippen molar-refractivity contribution in [2.75, 3.05) is 10.6 Å². The summed E-state index contributed by atoms with van der Waals surface area (Å²) in [5.41, 5.74) is 0.321. The molecule has 2 N–H and O–H groups in total. The van der Waals surface area contributed by atoms with Crippen LogP contribution in [0.15, 0.2) is 58.3 Å². The molecule has 0 aliphatic rings. The van der Waals surface area contributed by atoms with E-state index in [1.54, 1.807) is 0 Å². The zero-order valence-electron chi connectivity index (χ0n) is 18.6. The number of hydrogen-bond acceptors (Lipinski definition) is 10. The zero-order chi connectivity index (χ0) is 26.1. The van der Waals surface area contributed by atoms with E-state index >= 15 is 0 Å². The first kappa shape index (κ1) is 32.8. The molecule has 12 nitrogen and oxygen atoms in total. The standard InChI is InChI=1S/2C10H11NO5S.Ca/c2*1-7(12)5-10(13)11-8-3-2-4-9(6-8)17(14,15)16;/h2*2-4,6H,5H2,1H3,(H,11,13)(H,14,15,16);/q;;+2/p-2. The Kier molecular flexibility index (Phi) is 13.5. The number of Topliss-reactive ketones (excluding diaryl/α,β-unsaturated/α-hetero) is 2. The molecule has 0 saturated heterocycles. The van der Waals surface area contributed by atoms with Crippen LogP contribution in [0.4, 0.5) is 11.4 Å². The van der Waals surface area contributed by atoms with Crippen molar-refractivity contribution in [1.82, 2.24) is 0 Å². The molecule has 184 valence electrons. The Labute approximate surface area is 232 Å². The number of ketones is 2. The second kappa shape index (κ2) is 14.4. The monoisotopic (exact) mass is 552 g/mol. The second-order valence-corrected chi connectivity index (χ2v) is 9.58. The molecular formula is C20H20CaN2O10S2. The van der Waals surface area contributed by atoms with Crippen LogP contribution in [0.25, 0.3) is 0 Å². The van der Waals surface area contributed by atoms with Crippen LogP contribution in [0.5, 0.6) is 0 Å². The molecule has 0 aromatic heterocycles. The molecular weight excluding hydrogens is 532 g/mol. The van der Waals surface area contributed by atoms with Gasteiger partial charge in [0.2, 0.25) is 11.8 Å². The van der Waals surface area contributed by atoms with E-state index in [0.29, 0.717) is 0 Å². The van der Waals surface area contributed by atoms with Gasteiger partial charge in [-0.15, -0.1) is 0 Å². The molecule has 0 fully saturated rings. The number of carbonyl (C=O) groups excluding carboxylic acids is 4. The van der Waals surface area contributed by atoms with Gasteiger partial charge in [0.15, 0.2) is 0 Å². The zero-order valence-corrected chi connectivity index (χ0v) is 22.5. The first-order valence-corrected chi connectivity index (χ1v) is 12.1. The number of rotatable bonds is 8.